The summed E-state index contributed by atoms with van der Waals surface area (Å²) in [7, 11) is 0. The molecule has 6 aromatic carbocycles. The second-order valence-corrected chi connectivity index (χ2v) is 12.8. The highest BCUT2D eigenvalue weighted by molar-refractivity contribution is 7.99. The van der Waals surface area contributed by atoms with Gasteiger partial charge in [0.15, 0.2) is 0 Å². The lowest BCUT2D eigenvalue weighted by atomic mass is 10.0. The number of para-hydroxylation sites is 2. The molecule has 0 bridgehead atoms. The molecule has 42 heavy (non-hydrogen) atoms. The number of hydrogen-bond donors (Lipinski definition) is 0. The van der Waals surface area contributed by atoms with Crippen molar-refractivity contribution in [2.45, 2.75) is 9.79 Å². The highest BCUT2D eigenvalue weighted by Crippen LogP contribution is 2.51. The summed E-state index contributed by atoms with van der Waals surface area (Å²) in [6.45, 7) is 0. The van der Waals surface area contributed by atoms with E-state index in [1.807, 2.05) is 23.1 Å². The minimum atomic E-state index is 1.16. The van der Waals surface area contributed by atoms with Gasteiger partial charge in [0.2, 0.25) is 0 Å². The lowest BCUT2D eigenvalue weighted by Crippen LogP contribution is -2.14. The molecule has 2 aromatic heterocycles. The quantitative estimate of drug-likeness (QED) is 0.208. The molecular weight excluding hydrogens is 549 g/mol. The molecule has 9 rings (SSSR count). The molecule has 0 amide bonds. The van der Waals surface area contributed by atoms with E-state index in [2.05, 4.69) is 155 Å². The molecule has 3 heterocycles. The lowest BCUT2D eigenvalue weighted by Gasteiger charge is -2.32. The maximum atomic E-state index is 2.38. The molecule has 4 heteroatoms. The minimum absolute atomic E-state index is 1.16. The number of nitrogens with zero attached hydrogens (tertiary/aromatic N) is 2. The van der Waals surface area contributed by atoms with Crippen molar-refractivity contribution in [3.63, 3.8) is 0 Å². The Morgan fingerprint density at radius 2 is 1.14 bits per heavy atom. The van der Waals surface area contributed by atoms with Gasteiger partial charge in [-0.3, -0.25) is 0 Å². The van der Waals surface area contributed by atoms with Crippen LogP contribution in [0.25, 0.3) is 47.9 Å². The lowest BCUT2D eigenvalue weighted by molar-refractivity contribution is 1.12. The zero-order valence-corrected chi connectivity index (χ0v) is 24.2. The van der Waals surface area contributed by atoms with E-state index in [4.69, 9.17) is 0 Å². The van der Waals surface area contributed by atoms with Crippen molar-refractivity contribution in [2.75, 3.05) is 4.90 Å². The van der Waals surface area contributed by atoms with Crippen LogP contribution < -0.4 is 4.90 Å². The van der Waals surface area contributed by atoms with Crippen molar-refractivity contribution in [1.29, 1.82) is 0 Å². The van der Waals surface area contributed by atoms with Crippen LogP contribution >= 0.6 is 23.1 Å². The first-order valence-electron chi connectivity index (χ1n) is 14.1. The third kappa shape index (κ3) is 3.73. The van der Waals surface area contributed by atoms with Crippen LogP contribution in [0.4, 0.5) is 17.1 Å². The van der Waals surface area contributed by atoms with Gasteiger partial charge in [-0.2, -0.15) is 0 Å². The topological polar surface area (TPSA) is 8.17 Å². The van der Waals surface area contributed by atoms with Gasteiger partial charge in [0.25, 0.3) is 0 Å². The van der Waals surface area contributed by atoms with Gasteiger partial charge in [-0.05, 0) is 90.0 Å². The van der Waals surface area contributed by atoms with Crippen molar-refractivity contribution in [2.24, 2.45) is 0 Å². The summed E-state index contributed by atoms with van der Waals surface area (Å²) < 4.78 is 4.97. The Bertz CT molecular complexity index is 2230. The third-order valence-electron chi connectivity index (χ3n) is 8.21. The van der Waals surface area contributed by atoms with Crippen LogP contribution in [0.2, 0.25) is 0 Å². The Morgan fingerprint density at radius 3 is 1.90 bits per heavy atom. The summed E-state index contributed by atoms with van der Waals surface area (Å²) in [5, 5.41) is 3.90. The van der Waals surface area contributed by atoms with Gasteiger partial charge in [0.1, 0.15) is 0 Å². The van der Waals surface area contributed by atoms with Crippen LogP contribution in [0.5, 0.6) is 0 Å². The van der Waals surface area contributed by atoms with Crippen LogP contribution in [-0.4, -0.2) is 4.57 Å². The zero-order valence-electron chi connectivity index (χ0n) is 22.6. The van der Waals surface area contributed by atoms with Gasteiger partial charge in [-0.15, -0.1) is 11.3 Å². The van der Waals surface area contributed by atoms with Gasteiger partial charge >= 0.3 is 0 Å². The van der Waals surface area contributed by atoms with Crippen molar-refractivity contribution in [3.8, 4) is 16.8 Å². The highest BCUT2D eigenvalue weighted by atomic mass is 32.2. The molecular formula is C38H24N2S2. The Kier molecular flexibility index (Phi) is 5.34. The fourth-order valence-electron chi connectivity index (χ4n) is 6.18. The number of fused-ring (bicyclic) bond motifs is 6. The van der Waals surface area contributed by atoms with Crippen LogP contribution in [-0.2, 0) is 0 Å². The van der Waals surface area contributed by atoms with E-state index in [9.17, 15) is 0 Å². The van der Waals surface area contributed by atoms with Crippen molar-refractivity contribution in [1.82, 2.24) is 4.57 Å². The number of rotatable bonds is 3. The van der Waals surface area contributed by atoms with Gasteiger partial charge < -0.3 is 9.47 Å². The van der Waals surface area contributed by atoms with Crippen LogP contribution in [0.3, 0.4) is 0 Å². The molecule has 0 saturated carbocycles. The molecule has 0 saturated heterocycles. The number of benzene rings is 6. The second-order valence-electron chi connectivity index (χ2n) is 10.7. The summed E-state index contributed by atoms with van der Waals surface area (Å²) in [4.78, 5) is 4.93. The Morgan fingerprint density at radius 1 is 0.476 bits per heavy atom. The van der Waals surface area contributed by atoms with Crippen molar-refractivity contribution in [3.05, 3.63) is 146 Å². The Balaban J connectivity index is 1.14. The van der Waals surface area contributed by atoms with E-state index in [1.54, 1.807) is 0 Å². The molecule has 1 aliphatic rings. The molecule has 1 aliphatic heterocycles. The van der Waals surface area contributed by atoms with E-state index >= 15 is 0 Å². The summed E-state index contributed by atoms with van der Waals surface area (Å²) in [5.41, 5.74) is 8.50. The number of hydrogen-bond acceptors (Lipinski definition) is 3. The monoisotopic (exact) mass is 572 g/mol. The molecule has 8 aromatic rings. The summed E-state index contributed by atoms with van der Waals surface area (Å²) in [6, 6.07) is 50.8. The molecule has 2 nitrogen and oxygen atoms in total. The van der Waals surface area contributed by atoms with E-state index < -0.39 is 0 Å². The SMILES string of the molecule is c1ccc(-c2ccc3sc4cc5ccn(-c6ccc(N7c8ccccc8Sc8ccccc87)cc6)c5cc4c3c2)cc1. The van der Waals surface area contributed by atoms with Gasteiger partial charge in [-0.1, -0.05) is 72.4 Å². The van der Waals surface area contributed by atoms with Gasteiger partial charge in [0, 0.05) is 52.9 Å². The molecule has 0 aliphatic carbocycles. The summed E-state index contributed by atoms with van der Waals surface area (Å²) in [5.74, 6) is 0. The largest absolute Gasteiger partial charge is 0.317 e. The second kappa shape index (κ2) is 9.38. The standard InChI is InChI=1S/C38H24N2S2/c1-2-8-25(9-3-1)26-14-19-35-30(22-26)31-24-34-27(23-38(31)41-35)20-21-39(34)28-15-17-29(18-16-28)40-32-10-4-6-12-36(32)42-37-13-7-5-11-33(37)40/h1-24H. The van der Waals surface area contributed by atoms with Gasteiger partial charge in [-0.25, -0.2) is 0 Å². The molecule has 0 N–H and O–H groups in total. The Hall–Kier alpha value is -4.77. The van der Waals surface area contributed by atoms with E-state index in [1.165, 1.54) is 63.4 Å². The first kappa shape index (κ1) is 23.9. The van der Waals surface area contributed by atoms with Crippen molar-refractivity contribution >= 4 is 71.2 Å². The number of thiophene rings is 1. The Labute approximate surface area is 252 Å². The molecule has 0 radical (unpaired) electrons. The molecule has 198 valence electrons. The van der Waals surface area contributed by atoms with E-state index in [-0.39, 0.29) is 0 Å². The first-order valence-corrected chi connectivity index (χ1v) is 15.7. The van der Waals surface area contributed by atoms with Crippen LogP contribution in [0.1, 0.15) is 0 Å². The normalized spacial score (nSPS) is 12.6. The third-order valence-corrected chi connectivity index (χ3v) is 10.5. The minimum Gasteiger partial charge on any atom is -0.317 e. The number of aromatic nitrogens is 1. The van der Waals surface area contributed by atoms with Crippen LogP contribution in [0.15, 0.2) is 156 Å². The molecule has 0 spiro atoms. The average molecular weight is 573 g/mol. The summed E-state index contributed by atoms with van der Waals surface area (Å²) >= 11 is 3.72. The average Bonchev–Trinajstić information content (AvgIpc) is 3.63. The van der Waals surface area contributed by atoms with E-state index in [0.717, 1.165) is 11.4 Å². The maximum absolute atomic E-state index is 2.38. The van der Waals surface area contributed by atoms with Gasteiger partial charge in [0.05, 0.1) is 16.9 Å². The predicted octanol–water partition coefficient (Wildman–Crippen LogP) is 11.6. The van der Waals surface area contributed by atoms with Crippen molar-refractivity contribution < 1.29 is 0 Å². The first-order chi connectivity index (χ1) is 20.8. The van der Waals surface area contributed by atoms with Crippen LogP contribution in [0, 0.1) is 0 Å². The highest BCUT2D eigenvalue weighted by Gasteiger charge is 2.24. The smallest absolute Gasteiger partial charge is 0.0601 e. The summed E-state index contributed by atoms with van der Waals surface area (Å²) in [6.07, 6.45) is 2.20. The zero-order chi connectivity index (χ0) is 27.6. The molecule has 0 unspecified atom stereocenters. The predicted molar refractivity (Wildman–Crippen MR) is 180 cm³/mol. The van der Waals surface area contributed by atoms with E-state index in [0.29, 0.717) is 0 Å². The number of anilines is 3. The fraction of sp³-hybridized carbons (Fsp3) is 0. The maximum Gasteiger partial charge on any atom is 0.0601 e. The molecule has 0 fully saturated rings. The molecule has 0 atom stereocenters. The fourth-order valence-corrected chi connectivity index (χ4v) is 8.36.